The third kappa shape index (κ3) is 3.31. The number of fused-ring (bicyclic) bond motifs is 1. The zero-order valence-electron chi connectivity index (χ0n) is 16.8. The van der Waals surface area contributed by atoms with Crippen molar-refractivity contribution in [3.05, 3.63) is 64.3 Å². The fourth-order valence-corrected chi connectivity index (χ4v) is 9.37. The second-order valence-electron chi connectivity index (χ2n) is 7.58. The quantitative estimate of drug-likeness (QED) is 0.486. The lowest BCUT2D eigenvalue weighted by molar-refractivity contribution is 0.259. The number of benzene rings is 2. The minimum atomic E-state index is -2.71. The average Bonchev–Trinajstić information content (AvgIpc) is 3.40. The van der Waals surface area contributed by atoms with Crippen LogP contribution >= 0.6 is 29.5 Å². The van der Waals surface area contributed by atoms with Crippen LogP contribution < -0.4 is 15.3 Å². The molecule has 2 aliphatic heterocycles. The van der Waals surface area contributed by atoms with E-state index in [1.807, 2.05) is 37.3 Å². The first-order valence-corrected chi connectivity index (χ1v) is 13.5. The second-order valence-corrected chi connectivity index (χ2v) is 12.4. The maximum absolute atomic E-state index is 13.6. The molecule has 1 fully saturated rings. The highest BCUT2D eigenvalue weighted by molar-refractivity contribution is 8.18. The predicted molar refractivity (Wildman–Crippen MR) is 131 cm³/mol. The number of carbonyl (C=O) groups is 1. The van der Waals surface area contributed by atoms with E-state index in [-0.39, 0.29) is 6.03 Å². The molecule has 3 heterocycles. The monoisotopic (exact) mass is 491 g/mol. The summed E-state index contributed by atoms with van der Waals surface area (Å²) in [4.78, 5) is 13.6. The van der Waals surface area contributed by atoms with Crippen LogP contribution in [0.4, 0.5) is 16.3 Å². The van der Waals surface area contributed by atoms with Gasteiger partial charge < -0.3 is 0 Å². The number of rotatable bonds is 3. The summed E-state index contributed by atoms with van der Waals surface area (Å²) in [6.07, 6.45) is -0.605. The Labute approximate surface area is 195 Å². The molecule has 0 radical (unpaired) electrons. The van der Waals surface area contributed by atoms with Crippen molar-refractivity contribution in [2.75, 3.05) is 23.1 Å². The fourth-order valence-electron chi connectivity index (χ4n) is 4.24. The molecule has 10 heteroatoms. The maximum Gasteiger partial charge on any atom is 0.332 e. The molecule has 1 unspecified atom stereocenters. The molecule has 31 heavy (non-hydrogen) atoms. The summed E-state index contributed by atoms with van der Waals surface area (Å²) in [5, 5.41) is 9.58. The Morgan fingerprint density at radius 3 is 2.42 bits per heavy atom. The molecule has 0 spiro atoms. The molecule has 0 saturated carbocycles. The lowest BCUT2D eigenvalue weighted by Crippen LogP contribution is -2.47. The number of halogens is 2. The number of hydrogen-bond donors (Lipinski definition) is 1. The van der Waals surface area contributed by atoms with Crippen molar-refractivity contribution >= 4 is 64.2 Å². The van der Waals surface area contributed by atoms with Gasteiger partial charge in [0.05, 0.1) is 32.4 Å². The van der Waals surface area contributed by atoms with Crippen molar-refractivity contribution in [2.24, 2.45) is 0 Å². The first-order chi connectivity index (χ1) is 14.9. The summed E-state index contributed by atoms with van der Waals surface area (Å²) in [6, 6.07) is 14.7. The minimum absolute atomic E-state index is 0.279. The Morgan fingerprint density at radius 2 is 1.74 bits per heavy atom. The van der Waals surface area contributed by atoms with E-state index in [0.29, 0.717) is 21.6 Å². The molecule has 5 rings (SSSR count). The molecule has 160 valence electrons. The van der Waals surface area contributed by atoms with Crippen LogP contribution in [0.15, 0.2) is 48.5 Å². The van der Waals surface area contributed by atoms with Crippen LogP contribution in [-0.4, -0.2) is 33.6 Å². The molecule has 6 nitrogen and oxygen atoms in total. The molecular weight excluding hydrogens is 472 g/mol. The second kappa shape index (κ2) is 7.91. The molecule has 1 N–H and O–H groups in total. The van der Waals surface area contributed by atoms with Crippen LogP contribution in [0.2, 0.25) is 10.0 Å². The number of anilines is 2. The summed E-state index contributed by atoms with van der Waals surface area (Å²) in [5.74, 6) is 0.653. The molecule has 0 bridgehead atoms. The standard InChI is InChI=1S/C21H20Cl2N5OPS/c1-14-19-20(27(25-14)15-7-3-2-4-8-15)24-21(29)28(16-9-10-17(22)18(23)13-16)30(19,31)26-11-5-6-12-26/h2-4,7-10,13H,5-6,11-12H2,1H3,(H,24,29). The van der Waals surface area contributed by atoms with Gasteiger partial charge in [-0.05, 0) is 50.1 Å². The number of amides is 2. The van der Waals surface area contributed by atoms with Crippen molar-refractivity contribution in [1.82, 2.24) is 14.5 Å². The van der Waals surface area contributed by atoms with E-state index in [0.717, 1.165) is 42.6 Å². The normalized spacial score (nSPS) is 21.3. The smallest absolute Gasteiger partial charge is 0.291 e. The van der Waals surface area contributed by atoms with Gasteiger partial charge in [-0.15, -0.1) is 0 Å². The highest BCUT2D eigenvalue weighted by Crippen LogP contribution is 2.60. The lowest BCUT2D eigenvalue weighted by atomic mass is 10.3. The number of nitrogens with zero attached hydrogens (tertiary/aromatic N) is 4. The van der Waals surface area contributed by atoms with Gasteiger partial charge in [0.1, 0.15) is 12.2 Å². The summed E-state index contributed by atoms with van der Waals surface area (Å²) in [7, 11) is 0. The third-order valence-corrected chi connectivity index (χ3v) is 11.3. The van der Waals surface area contributed by atoms with Gasteiger partial charge >= 0.3 is 6.03 Å². The number of nitrogens with one attached hydrogen (secondary N) is 1. The topological polar surface area (TPSA) is 53.4 Å². The van der Waals surface area contributed by atoms with E-state index < -0.39 is 6.34 Å². The van der Waals surface area contributed by atoms with E-state index in [4.69, 9.17) is 40.1 Å². The summed E-state index contributed by atoms with van der Waals surface area (Å²) in [6.45, 7) is 3.65. The molecule has 1 aromatic heterocycles. The first-order valence-electron chi connectivity index (χ1n) is 9.99. The average molecular weight is 492 g/mol. The zero-order chi connectivity index (χ0) is 21.8. The van der Waals surface area contributed by atoms with Crippen molar-refractivity contribution in [3.63, 3.8) is 0 Å². The number of aryl methyl sites for hydroxylation is 1. The molecule has 1 saturated heterocycles. The highest BCUT2D eigenvalue weighted by Gasteiger charge is 2.47. The van der Waals surface area contributed by atoms with Crippen LogP contribution in [0.25, 0.3) is 5.69 Å². The van der Waals surface area contributed by atoms with Crippen molar-refractivity contribution in [2.45, 2.75) is 19.8 Å². The number of carbonyl (C=O) groups excluding carboxylic acids is 1. The Balaban J connectivity index is 1.75. The van der Waals surface area contributed by atoms with Crippen LogP contribution in [0.3, 0.4) is 0 Å². The van der Waals surface area contributed by atoms with Gasteiger partial charge in [0, 0.05) is 13.1 Å². The Hall–Kier alpha value is -1.89. The van der Waals surface area contributed by atoms with Gasteiger partial charge in [-0.3, -0.25) is 9.99 Å². The van der Waals surface area contributed by atoms with Gasteiger partial charge in [-0.2, -0.15) is 5.10 Å². The van der Waals surface area contributed by atoms with Gasteiger partial charge in [-0.1, -0.05) is 53.2 Å². The first kappa shape index (κ1) is 21.0. The SMILES string of the molecule is Cc1nn(-c2ccccc2)c2c1P(=S)(N1CCCC1)N(c1ccc(Cl)c(Cl)c1)C(=O)N2. The third-order valence-electron chi connectivity index (χ3n) is 5.62. The molecular formula is C21H20Cl2N5OPS. The zero-order valence-corrected chi connectivity index (χ0v) is 20.0. The molecule has 3 aromatic rings. The van der Waals surface area contributed by atoms with Crippen molar-refractivity contribution in [3.8, 4) is 5.69 Å². The number of urea groups is 1. The van der Waals surface area contributed by atoms with Crippen LogP contribution in [0, 0.1) is 6.92 Å². The van der Waals surface area contributed by atoms with Crippen LogP contribution in [0.5, 0.6) is 0 Å². The van der Waals surface area contributed by atoms with E-state index in [9.17, 15) is 4.79 Å². The number of aromatic nitrogens is 2. The molecule has 1 atom stereocenters. The molecule has 2 amide bonds. The van der Waals surface area contributed by atoms with Crippen LogP contribution in [0.1, 0.15) is 18.5 Å². The maximum atomic E-state index is 13.6. The van der Waals surface area contributed by atoms with E-state index in [2.05, 4.69) is 9.99 Å². The van der Waals surface area contributed by atoms with Gasteiger partial charge in [0.15, 0.2) is 0 Å². The lowest BCUT2D eigenvalue weighted by Gasteiger charge is -2.44. The summed E-state index contributed by atoms with van der Waals surface area (Å²) >= 11 is 18.9. The number of para-hydroxylation sites is 1. The largest absolute Gasteiger partial charge is 0.332 e. The van der Waals surface area contributed by atoms with Crippen molar-refractivity contribution in [1.29, 1.82) is 0 Å². The fraction of sp³-hybridized carbons (Fsp3) is 0.238. The van der Waals surface area contributed by atoms with Crippen molar-refractivity contribution < 1.29 is 4.79 Å². The van der Waals surface area contributed by atoms with Gasteiger partial charge in [-0.25, -0.2) is 14.1 Å². The van der Waals surface area contributed by atoms with Gasteiger partial charge in [0.25, 0.3) is 0 Å². The van der Waals surface area contributed by atoms with Crippen LogP contribution in [-0.2, 0) is 11.8 Å². The van der Waals surface area contributed by atoms with E-state index in [1.54, 1.807) is 27.6 Å². The Morgan fingerprint density at radius 1 is 1.03 bits per heavy atom. The van der Waals surface area contributed by atoms with Gasteiger partial charge in [0.2, 0.25) is 0 Å². The summed E-state index contributed by atoms with van der Waals surface area (Å²) < 4.78 is 5.78. The van der Waals surface area contributed by atoms with E-state index in [1.165, 1.54) is 0 Å². The summed E-state index contributed by atoms with van der Waals surface area (Å²) in [5.41, 5.74) is 2.33. The number of hydrogen-bond acceptors (Lipinski definition) is 3. The predicted octanol–water partition coefficient (Wildman–Crippen LogP) is 5.57. The highest BCUT2D eigenvalue weighted by atomic mass is 35.5. The Bertz CT molecular complexity index is 1230. The molecule has 2 aliphatic rings. The molecule has 0 aliphatic carbocycles. The minimum Gasteiger partial charge on any atom is -0.291 e. The molecule has 2 aromatic carbocycles. The Kier molecular flexibility index (Phi) is 5.35. The van der Waals surface area contributed by atoms with E-state index >= 15 is 0 Å².